The lowest BCUT2D eigenvalue weighted by molar-refractivity contribution is 0.0701. The smallest absolute Gasteiger partial charge is 0.347 e. The van der Waals surface area contributed by atoms with E-state index in [1.54, 1.807) is 13.8 Å². The van der Waals surface area contributed by atoms with Crippen molar-refractivity contribution in [3.63, 3.8) is 0 Å². The molecular weight excluding hydrogens is 294 g/mol. The first-order chi connectivity index (χ1) is 9.42. The second-order valence-electron chi connectivity index (χ2n) is 4.14. The average Bonchev–Trinajstić information content (AvgIpc) is 2.70. The minimum absolute atomic E-state index is 0.230. The lowest BCUT2D eigenvalue weighted by Crippen LogP contribution is -1.94. The summed E-state index contributed by atoms with van der Waals surface area (Å²) in [5.74, 6) is -0.977. The number of aromatic carboxylic acids is 1. The molecule has 0 amide bonds. The lowest BCUT2D eigenvalue weighted by Gasteiger charge is -2.05. The quantitative estimate of drug-likeness (QED) is 0.937. The normalized spacial score (nSPS) is 10.3. The molecule has 0 bridgehead atoms. The van der Waals surface area contributed by atoms with Crippen molar-refractivity contribution in [1.29, 1.82) is 5.26 Å². The highest BCUT2D eigenvalue weighted by atomic mass is 32.2. The van der Waals surface area contributed by atoms with Gasteiger partial charge in [0.1, 0.15) is 10.9 Å². The van der Waals surface area contributed by atoms with E-state index in [1.807, 2.05) is 13.0 Å². The van der Waals surface area contributed by atoms with Crippen LogP contribution in [0, 0.1) is 32.1 Å². The zero-order chi connectivity index (χ0) is 14.9. The van der Waals surface area contributed by atoms with Gasteiger partial charge in [-0.15, -0.1) is 11.3 Å². The molecule has 0 radical (unpaired) electrons. The van der Waals surface area contributed by atoms with Crippen molar-refractivity contribution in [3.8, 4) is 6.07 Å². The number of aryl methyl sites for hydroxylation is 3. The predicted molar refractivity (Wildman–Crippen MR) is 76.4 cm³/mol. The van der Waals surface area contributed by atoms with Crippen molar-refractivity contribution >= 4 is 29.1 Å². The summed E-state index contributed by atoms with van der Waals surface area (Å²) in [6.07, 6.45) is 0. The van der Waals surface area contributed by atoms with Crippen molar-refractivity contribution in [3.05, 3.63) is 33.6 Å². The number of hydrogen-bond acceptors (Lipinski definition) is 6. The van der Waals surface area contributed by atoms with Crippen molar-refractivity contribution in [2.45, 2.75) is 30.0 Å². The number of pyridine rings is 1. The first-order valence-corrected chi connectivity index (χ1v) is 7.32. The van der Waals surface area contributed by atoms with Gasteiger partial charge in [0.15, 0.2) is 4.34 Å². The first kappa shape index (κ1) is 14.5. The molecule has 102 valence electrons. The van der Waals surface area contributed by atoms with Gasteiger partial charge >= 0.3 is 5.97 Å². The van der Waals surface area contributed by atoms with E-state index in [9.17, 15) is 10.1 Å². The molecule has 2 aromatic heterocycles. The minimum Gasteiger partial charge on any atom is -0.477 e. The highest BCUT2D eigenvalue weighted by Crippen LogP contribution is 2.35. The Balaban J connectivity index is 2.43. The Kier molecular flexibility index (Phi) is 4.06. The van der Waals surface area contributed by atoms with Gasteiger partial charge in [0.2, 0.25) is 0 Å². The van der Waals surface area contributed by atoms with E-state index in [2.05, 4.69) is 16.0 Å². The fourth-order valence-electron chi connectivity index (χ4n) is 1.72. The Morgan fingerprint density at radius 3 is 2.60 bits per heavy atom. The maximum absolute atomic E-state index is 11.0. The summed E-state index contributed by atoms with van der Waals surface area (Å²) in [6.45, 7) is 5.30. The maximum atomic E-state index is 11.0. The second kappa shape index (κ2) is 5.61. The number of carbonyl (C=O) groups is 1. The van der Waals surface area contributed by atoms with Gasteiger partial charge in [-0.05, 0) is 26.8 Å². The number of hydrogen-bond donors (Lipinski definition) is 1. The van der Waals surface area contributed by atoms with Gasteiger partial charge in [0.25, 0.3) is 0 Å². The molecule has 2 aromatic rings. The fraction of sp³-hybridized carbons (Fsp3) is 0.231. The molecule has 0 aliphatic rings. The summed E-state index contributed by atoms with van der Waals surface area (Å²) in [7, 11) is 0. The van der Waals surface area contributed by atoms with Crippen molar-refractivity contribution in [1.82, 2.24) is 9.97 Å². The van der Waals surface area contributed by atoms with Crippen LogP contribution in [0.4, 0.5) is 0 Å². The zero-order valence-electron chi connectivity index (χ0n) is 11.1. The molecule has 5 nitrogen and oxygen atoms in total. The molecule has 0 fully saturated rings. The molecule has 2 heterocycles. The summed E-state index contributed by atoms with van der Waals surface area (Å²) in [5.41, 5.74) is 2.48. The molecule has 0 aliphatic carbocycles. The Morgan fingerprint density at radius 2 is 2.05 bits per heavy atom. The molecule has 0 aromatic carbocycles. The summed E-state index contributed by atoms with van der Waals surface area (Å²) < 4.78 is 0.612. The van der Waals surface area contributed by atoms with Gasteiger partial charge in [-0.2, -0.15) is 5.26 Å². The average molecular weight is 305 g/mol. The molecular formula is C13H11N3O2S2. The van der Waals surface area contributed by atoms with E-state index < -0.39 is 5.97 Å². The molecule has 7 heteroatoms. The Hall–Kier alpha value is -1.91. The predicted octanol–water partition coefficient (Wildman–Crippen LogP) is 3.18. The number of rotatable bonds is 3. The second-order valence-corrected chi connectivity index (χ2v) is 6.42. The van der Waals surface area contributed by atoms with Gasteiger partial charge in [-0.25, -0.2) is 9.78 Å². The largest absolute Gasteiger partial charge is 0.477 e. The Bertz CT molecular complexity index is 732. The monoisotopic (exact) mass is 305 g/mol. The van der Waals surface area contributed by atoms with Crippen molar-refractivity contribution in [2.24, 2.45) is 0 Å². The molecule has 0 saturated carbocycles. The number of aromatic nitrogens is 2. The van der Waals surface area contributed by atoms with Crippen LogP contribution in [0.5, 0.6) is 0 Å². The van der Waals surface area contributed by atoms with E-state index >= 15 is 0 Å². The van der Waals surface area contributed by atoms with Crippen LogP contribution < -0.4 is 0 Å². The van der Waals surface area contributed by atoms with Crippen LogP contribution in [0.15, 0.2) is 15.3 Å². The highest BCUT2D eigenvalue weighted by Gasteiger charge is 2.17. The summed E-state index contributed by atoms with van der Waals surface area (Å²) >= 11 is 2.42. The number of thiazole rings is 1. The molecule has 0 atom stereocenters. The van der Waals surface area contributed by atoms with E-state index in [0.29, 0.717) is 21.3 Å². The van der Waals surface area contributed by atoms with E-state index in [1.165, 1.54) is 11.8 Å². The Labute approximate surface area is 124 Å². The van der Waals surface area contributed by atoms with Crippen LogP contribution in [0.3, 0.4) is 0 Å². The standard InChI is InChI=1S/C13H11N3O2S2/c1-6-4-10(9(5-14)7(2)15-6)19-13-16-8(3)11(20-13)12(17)18/h4H,1-3H3,(H,17,18). The van der Waals surface area contributed by atoms with Crippen LogP contribution >= 0.6 is 23.1 Å². The van der Waals surface area contributed by atoms with Gasteiger partial charge in [0, 0.05) is 10.6 Å². The van der Waals surface area contributed by atoms with Crippen LogP contribution in [0.2, 0.25) is 0 Å². The molecule has 20 heavy (non-hydrogen) atoms. The van der Waals surface area contributed by atoms with Crippen molar-refractivity contribution in [2.75, 3.05) is 0 Å². The zero-order valence-corrected chi connectivity index (χ0v) is 12.7. The van der Waals surface area contributed by atoms with Crippen LogP contribution in [0.25, 0.3) is 0 Å². The van der Waals surface area contributed by atoms with E-state index in [0.717, 1.165) is 21.9 Å². The summed E-state index contributed by atoms with van der Waals surface area (Å²) in [4.78, 5) is 20.5. The molecule has 1 N–H and O–H groups in total. The molecule has 0 saturated heterocycles. The van der Waals surface area contributed by atoms with Crippen LogP contribution in [0.1, 0.15) is 32.3 Å². The number of carboxylic acid groups (broad SMARTS) is 1. The highest BCUT2D eigenvalue weighted by molar-refractivity contribution is 8.01. The summed E-state index contributed by atoms with van der Waals surface area (Å²) in [5, 5.41) is 18.2. The fourth-order valence-corrected chi connectivity index (χ4v) is 3.94. The summed E-state index contributed by atoms with van der Waals surface area (Å²) in [6, 6.07) is 3.95. The molecule has 0 unspecified atom stereocenters. The first-order valence-electron chi connectivity index (χ1n) is 5.69. The molecule has 2 rings (SSSR count). The topological polar surface area (TPSA) is 86.9 Å². The third kappa shape index (κ3) is 2.81. The van der Waals surface area contributed by atoms with Gasteiger partial charge in [-0.3, -0.25) is 4.98 Å². The van der Waals surface area contributed by atoms with E-state index in [-0.39, 0.29) is 4.88 Å². The van der Waals surface area contributed by atoms with Gasteiger partial charge in [-0.1, -0.05) is 11.8 Å². The van der Waals surface area contributed by atoms with E-state index in [4.69, 9.17) is 5.11 Å². The van der Waals surface area contributed by atoms with Crippen LogP contribution in [-0.2, 0) is 0 Å². The molecule has 0 spiro atoms. The number of carboxylic acids is 1. The minimum atomic E-state index is -0.977. The Morgan fingerprint density at radius 1 is 1.35 bits per heavy atom. The van der Waals surface area contributed by atoms with Gasteiger partial charge in [0.05, 0.1) is 17.0 Å². The van der Waals surface area contributed by atoms with Crippen molar-refractivity contribution < 1.29 is 9.90 Å². The van der Waals surface area contributed by atoms with Crippen LogP contribution in [-0.4, -0.2) is 21.0 Å². The third-order valence-electron chi connectivity index (χ3n) is 2.57. The third-order valence-corrected chi connectivity index (χ3v) is 4.82. The lowest BCUT2D eigenvalue weighted by atomic mass is 10.2. The number of nitrogens with zero attached hydrogens (tertiary/aromatic N) is 3. The van der Waals surface area contributed by atoms with Gasteiger partial charge < -0.3 is 5.11 Å². The number of nitriles is 1. The maximum Gasteiger partial charge on any atom is 0.347 e. The molecule has 0 aliphatic heterocycles. The SMILES string of the molecule is Cc1cc(Sc2nc(C)c(C(=O)O)s2)c(C#N)c(C)n1.